The summed E-state index contributed by atoms with van der Waals surface area (Å²) in [6.07, 6.45) is 1.72. The van der Waals surface area contributed by atoms with Crippen LogP contribution in [-0.2, 0) is 9.53 Å². The van der Waals surface area contributed by atoms with E-state index >= 15 is 0 Å². The smallest absolute Gasteiger partial charge is 0.328 e. The van der Waals surface area contributed by atoms with Gasteiger partial charge in [0.15, 0.2) is 0 Å². The summed E-state index contributed by atoms with van der Waals surface area (Å²) in [4.78, 5) is 14.4. The molecule has 0 heterocycles. The van der Waals surface area contributed by atoms with Gasteiger partial charge in [-0.25, -0.2) is 4.79 Å². The van der Waals surface area contributed by atoms with E-state index in [0.717, 1.165) is 12.8 Å². The zero-order valence-corrected chi connectivity index (χ0v) is 9.90. The van der Waals surface area contributed by atoms with Gasteiger partial charge < -0.3 is 14.9 Å². The molecule has 92 valence electrons. The number of carboxylic acids is 1. The summed E-state index contributed by atoms with van der Waals surface area (Å²) in [5.74, 6) is -0.648. The van der Waals surface area contributed by atoms with Crippen molar-refractivity contribution >= 4 is 12.1 Å². The third kappa shape index (κ3) is 5.00. The van der Waals surface area contributed by atoms with Crippen molar-refractivity contribution in [3.8, 4) is 0 Å². The monoisotopic (exact) mass is 228 g/mol. The van der Waals surface area contributed by atoms with Gasteiger partial charge >= 0.3 is 5.97 Å². The van der Waals surface area contributed by atoms with Gasteiger partial charge in [-0.15, -0.1) is 0 Å². The minimum absolute atomic E-state index is 0.410. The van der Waals surface area contributed by atoms with Crippen molar-refractivity contribution < 1.29 is 19.7 Å². The van der Waals surface area contributed by atoms with Crippen LogP contribution in [0.3, 0.4) is 0 Å². The van der Waals surface area contributed by atoms with E-state index < -0.39 is 23.7 Å². The van der Waals surface area contributed by atoms with Crippen LogP contribution in [0.2, 0.25) is 0 Å². The molecule has 5 heteroatoms. The van der Waals surface area contributed by atoms with E-state index in [1.54, 1.807) is 20.8 Å². The Hall–Kier alpha value is -1.26. The van der Waals surface area contributed by atoms with Crippen LogP contribution >= 0.6 is 0 Å². The average Bonchev–Trinajstić information content (AvgIpc) is 2.82. The van der Waals surface area contributed by atoms with Gasteiger partial charge in [0.2, 0.25) is 0 Å². The van der Waals surface area contributed by atoms with Crippen LogP contribution in [0, 0.1) is 5.92 Å². The van der Waals surface area contributed by atoms with Crippen molar-refractivity contribution in [1.29, 1.82) is 0 Å². The lowest BCUT2D eigenvalue weighted by atomic mass is 10.1. The van der Waals surface area contributed by atoms with Crippen molar-refractivity contribution in [2.75, 3.05) is 0 Å². The highest BCUT2D eigenvalue weighted by Crippen LogP contribution is 2.34. The zero-order chi connectivity index (χ0) is 12.3. The molecule has 0 aliphatic heterocycles. The number of ether oxygens (including phenoxy) is 1. The first-order valence-electron chi connectivity index (χ1n) is 5.44. The molecule has 0 saturated heterocycles. The number of hydrogen-bond acceptors (Lipinski definition) is 4. The van der Waals surface area contributed by atoms with Crippen molar-refractivity contribution in [3.05, 3.63) is 0 Å². The minimum atomic E-state index is -1.06. The molecule has 5 nitrogen and oxygen atoms in total. The first kappa shape index (κ1) is 12.8. The molecule has 16 heavy (non-hydrogen) atoms. The molecule has 1 atom stereocenters. The van der Waals surface area contributed by atoms with E-state index in [9.17, 15) is 9.90 Å². The van der Waals surface area contributed by atoms with Crippen LogP contribution in [0.4, 0.5) is 0 Å². The van der Waals surface area contributed by atoms with Crippen LogP contribution in [0.25, 0.3) is 0 Å². The van der Waals surface area contributed by atoms with Crippen molar-refractivity contribution in [2.24, 2.45) is 10.9 Å². The Labute approximate surface area is 95.1 Å². The number of aliphatic imine (C=N–C) groups is 1. The predicted octanol–water partition coefficient (Wildman–Crippen LogP) is 0.771. The third-order valence-electron chi connectivity index (χ3n) is 2.19. The van der Waals surface area contributed by atoms with Gasteiger partial charge in [-0.3, -0.25) is 4.99 Å². The van der Waals surface area contributed by atoms with Crippen molar-refractivity contribution in [1.82, 2.24) is 0 Å². The van der Waals surface area contributed by atoms with Crippen LogP contribution < -0.4 is 5.11 Å². The summed E-state index contributed by atoms with van der Waals surface area (Å²) in [5, 5.41) is 20.2. The van der Waals surface area contributed by atoms with E-state index in [4.69, 9.17) is 9.84 Å². The largest absolute Gasteiger partial charge is 0.595 e. The third-order valence-corrected chi connectivity index (χ3v) is 2.19. The normalized spacial score (nSPS) is 19.3. The predicted molar refractivity (Wildman–Crippen MR) is 57.0 cm³/mol. The fraction of sp³-hybridized carbons (Fsp3) is 0.818. The van der Waals surface area contributed by atoms with E-state index in [1.165, 1.54) is 0 Å². The molecule has 0 aromatic carbocycles. The SMILES string of the molecule is CC(C)(C)OC([O-])=N[C@@H](CC1CC1)C(=O)O. The second-order valence-electron chi connectivity index (χ2n) is 5.14. The van der Waals surface area contributed by atoms with E-state index in [2.05, 4.69) is 4.99 Å². The second kappa shape index (κ2) is 4.72. The molecule has 1 aliphatic carbocycles. The quantitative estimate of drug-likeness (QED) is 0.569. The van der Waals surface area contributed by atoms with Gasteiger partial charge in [0.25, 0.3) is 0 Å². The first-order chi connectivity index (χ1) is 7.28. The molecule has 0 aromatic heterocycles. The summed E-state index contributed by atoms with van der Waals surface area (Å²) < 4.78 is 4.95. The fourth-order valence-electron chi connectivity index (χ4n) is 1.29. The Morgan fingerprint density at radius 3 is 2.50 bits per heavy atom. The Morgan fingerprint density at radius 1 is 1.56 bits per heavy atom. The van der Waals surface area contributed by atoms with E-state index in [0.29, 0.717) is 12.3 Å². The zero-order valence-electron chi connectivity index (χ0n) is 9.90. The van der Waals surface area contributed by atoms with Crippen molar-refractivity contribution in [3.63, 3.8) is 0 Å². The molecule has 1 fully saturated rings. The summed E-state index contributed by atoms with van der Waals surface area (Å²) in [5.41, 5.74) is -0.636. The lowest BCUT2D eigenvalue weighted by molar-refractivity contribution is -0.261. The highest BCUT2D eigenvalue weighted by Gasteiger charge is 2.28. The molecule has 0 amide bonds. The molecular weight excluding hydrogens is 210 g/mol. The number of carboxylic acid groups (broad SMARTS) is 1. The van der Waals surface area contributed by atoms with Gasteiger partial charge in [-0.2, -0.15) is 0 Å². The van der Waals surface area contributed by atoms with Gasteiger partial charge in [-0.1, -0.05) is 33.6 Å². The lowest BCUT2D eigenvalue weighted by Crippen LogP contribution is -2.34. The second-order valence-corrected chi connectivity index (χ2v) is 5.14. The number of rotatable bonds is 4. The van der Waals surface area contributed by atoms with Crippen LogP contribution in [-0.4, -0.2) is 28.8 Å². The molecule has 0 unspecified atom stereocenters. The Kier molecular flexibility index (Phi) is 3.78. The number of carbonyl (C=O) groups is 1. The van der Waals surface area contributed by atoms with Crippen LogP contribution in [0.15, 0.2) is 4.99 Å². The molecule has 0 aromatic rings. The maximum Gasteiger partial charge on any atom is 0.328 e. The average molecular weight is 228 g/mol. The summed E-state index contributed by atoms with van der Waals surface area (Å²) in [7, 11) is 0. The standard InChI is InChI=1S/C11H19NO4/c1-11(2,3)16-10(15)12-8(9(13)14)6-7-4-5-7/h7-8H,4-6H2,1-3H3,(H,12,15)(H,13,14)/p-1/t8-/m0/s1. The van der Waals surface area contributed by atoms with Crippen molar-refractivity contribution in [2.45, 2.75) is 51.7 Å². The number of aliphatic carboxylic acids is 1. The van der Waals surface area contributed by atoms with E-state index in [-0.39, 0.29) is 0 Å². The summed E-state index contributed by atoms with van der Waals surface area (Å²) in [6.45, 7) is 5.16. The topological polar surface area (TPSA) is 82.0 Å². The van der Waals surface area contributed by atoms with Gasteiger partial charge in [0, 0.05) is 5.60 Å². The molecule has 1 N–H and O–H groups in total. The van der Waals surface area contributed by atoms with E-state index in [1.807, 2.05) is 0 Å². The van der Waals surface area contributed by atoms with Crippen LogP contribution in [0.5, 0.6) is 0 Å². The van der Waals surface area contributed by atoms with Crippen LogP contribution in [0.1, 0.15) is 40.0 Å². The highest BCUT2D eigenvalue weighted by atomic mass is 16.6. The van der Waals surface area contributed by atoms with Gasteiger partial charge in [-0.05, 0) is 12.3 Å². The van der Waals surface area contributed by atoms with Gasteiger partial charge in [0.05, 0.1) is 0 Å². The molecular formula is C11H18NO4-. The minimum Gasteiger partial charge on any atom is -0.595 e. The summed E-state index contributed by atoms with van der Waals surface area (Å²) in [6, 6.07) is -0.956. The molecule has 1 aliphatic rings. The molecule has 1 rings (SSSR count). The number of hydrogen-bond donors (Lipinski definition) is 1. The lowest BCUT2D eigenvalue weighted by Gasteiger charge is -2.30. The summed E-state index contributed by atoms with van der Waals surface area (Å²) >= 11 is 0. The Morgan fingerprint density at radius 2 is 2.12 bits per heavy atom. The Bertz CT molecular complexity index is 289. The number of nitrogens with zero attached hydrogens (tertiary/aromatic N) is 1. The molecule has 0 spiro atoms. The fourth-order valence-corrected chi connectivity index (χ4v) is 1.29. The maximum atomic E-state index is 11.3. The first-order valence-corrected chi connectivity index (χ1v) is 5.44. The van der Waals surface area contributed by atoms with Gasteiger partial charge in [0.1, 0.15) is 12.1 Å². The Balaban J connectivity index is 2.56. The highest BCUT2D eigenvalue weighted by molar-refractivity contribution is 5.77. The molecule has 0 radical (unpaired) electrons. The molecule has 1 saturated carbocycles. The molecule has 0 bridgehead atoms. The maximum absolute atomic E-state index is 11.3.